The highest BCUT2D eigenvalue weighted by Crippen LogP contribution is 2.52. The molecule has 4 aliphatic heterocycles. The Kier molecular flexibility index (Phi) is 8.39. The number of hydrogen-bond donors (Lipinski definition) is 4. The quantitative estimate of drug-likeness (QED) is 0.173. The number of amides is 3. The smallest absolute Gasteiger partial charge is 0.410 e. The van der Waals surface area contributed by atoms with Crippen molar-refractivity contribution >= 4 is 41.3 Å². The van der Waals surface area contributed by atoms with E-state index < -0.39 is 76.3 Å². The second-order valence-corrected chi connectivity index (χ2v) is 12.6. The van der Waals surface area contributed by atoms with E-state index in [1.807, 2.05) is 0 Å². The molecular weight excluding hydrogens is 588 g/mol. The molecule has 3 saturated heterocycles. The number of carbonyl (C=O) groups is 4. The topological polar surface area (TPSA) is 211 Å². The molecule has 4 aliphatic rings. The van der Waals surface area contributed by atoms with Crippen LogP contribution in [0.3, 0.4) is 0 Å². The van der Waals surface area contributed by atoms with Crippen molar-refractivity contribution in [1.82, 2.24) is 14.7 Å². The Morgan fingerprint density at radius 1 is 1.14 bits per heavy atom. The number of aliphatic hydroxyl groups excluding tert-OH is 3. The number of fused-ring (bicyclic) bond motifs is 1. The largest absolute Gasteiger partial charge is 0.477 e. The van der Waals surface area contributed by atoms with Crippen LogP contribution in [0.15, 0.2) is 34.9 Å². The van der Waals surface area contributed by atoms with E-state index in [-0.39, 0.29) is 44.0 Å². The highest BCUT2D eigenvalue weighted by atomic mass is 32.2. The maximum Gasteiger partial charge on any atom is 0.410 e. The number of carbonyl (C=O) groups excluding carboxylic acids is 3. The van der Waals surface area contributed by atoms with Crippen molar-refractivity contribution in [3.05, 3.63) is 50.5 Å². The predicted octanol–water partition coefficient (Wildman–Crippen LogP) is 0.125. The SMILES string of the molecule is C[C@@H](O)[C@H]1C(=O)N2C(C(=O)O)=C(S[C@@H]3C[C@@H](C(=O)N4C[C@H](O)[C@@H](O)C4)N(C(=O)OCc4ccc([N+](=O)[O-])cc4)C3)[C@H](C)[C@H]12. The Morgan fingerprint density at radius 2 is 1.77 bits per heavy atom. The number of hydrogen-bond acceptors (Lipinski definition) is 11. The maximum atomic E-state index is 13.5. The van der Waals surface area contributed by atoms with Gasteiger partial charge < -0.3 is 35.0 Å². The number of rotatable bonds is 8. The summed E-state index contributed by atoms with van der Waals surface area (Å²) in [7, 11) is 0. The molecule has 8 atom stereocenters. The third-order valence-electron chi connectivity index (χ3n) is 8.47. The van der Waals surface area contributed by atoms with E-state index in [2.05, 4.69) is 0 Å². The zero-order valence-corrected chi connectivity index (χ0v) is 24.1. The average molecular weight is 621 g/mol. The van der Waals surface area contributed by atoms with E-state index >= 15 is 0 Å². The van der Waals surface area contributed by atoms with Crippen LogP contribution in [0.1, 0.15) is 25.8 Å². The van der Waals surface area contributed by atoms with Crippen LogP contribution in [0, 0.1) is 22.0 Å². The standard InChI is InChI=1S/C27H32N4O11S/c1-12-21-20(13(2)32)25(36)30(21)22(26(37)38)23(12)43-16-7-17(24(35)28-9-18(33)19(34)10-28)29(8-16)27(39)42-11-14-3-5-15(6-4-14)31(40)41/h3-6,12-13,16-21,32-34H,7-11H2,1-2H3,(H,37,38)/t12-,13-,16-,17+,18+,19+,20-,21-/m1/s1. The molecule has 0 radical (unpaired) electrons. The number of aliphatic carboxylic acids is 1. The Bertz CT molecular complexity index is 1360. The fourth-order valence-corrected chi connectivity index (χ4v) is 7.80. The van der Waals surface area contributed by atoms with Gasteiger partial charge in [-0.25, -0.2) is 9.59 Å². The van der Waals surface area contributed by atoms with Gasteiger partial charge in [-0.05, 0) is 31.0 Å². The van der Waals surface area contributed by atoms with Crippen molar-refractivity contribution in [3.63, 3.8) is 0 Å². The molecule has 1 aromatic carbocycles. The molecule has 0 bridgehead atoms. The number of carboxylic acid groups (broad SMARTS) is 1. The molecule has 0 aliphatic carbocycles. The molecule has 0 aromatic heterocycles. The number of ether oxygens (including phenoxy) is 1. The van der Waals surface area contributed by atoms with Gasteiger partial charge in [-0.3, -0.25) is 24.6 Å². The summed E-state index contributed by atoms with van der Waals surface area (Å²) in [6.45, 7) is 2.80. The number of benzene rings is 1. The number of β-lactam (4-membered cyclic amide) rings is 1. The number of thioether (sulfide) groups is 1. The third kappa shape index (κ3) is 5.55. The summed E-state index contributed by atoms with van der Waals surface area (Å²) in [5.41, 5.74) is 0.186. The number of non-ortho nitro benzene ring substituents is 1. The average Bonchev–Trinajstić information content (AvgIpc) is 3.60. The molecule has 15 nitrogen and oxygen atoms in total. The maximum absolute atomic E-state index is 13.5. The lowest BCUT2D eigenvalue weighted by Crippen LogP contribution is -2.63. The minimum atomic E-state index is -1.29. The van der Waals surface area contributed by atoms with Crippen LogP contribution in [-0.4, -0.2) is 119 Å². The van der Waals surface area contributed by atoms with Crippen LogP contribution in [0.4, 0.5) is 10.5 Å². The number of nitrogens with zero attached hydrogens (tertiary/aromatic N) is 4. The second kappa shape index (κ2) is 11.7. The van der Waals surface area contributed by atoms with Crippen molar-refractivity contribution in [2.24, 2.45) is 11.8 Å². The van der Waals surface area contributed by atoms with Crippen LogP contribution in [0.2, 0.25) is 0 Å². The molecule has 232 valence electrons. The lowest BCUT2D eigenvalue weighted by Gasteiger charge is -2.46. The number of nitro benzene ring substituents is 1. The van der Waals surface area contributed by atoms with Crippen molar-refractivity contribution in [2.45, 2.75) is 62.5 Å². The van der Waals surface area contributed by atoms with E-state index in [0.29, 0.717) is 10.5 Å². The molecule has 4 heterocycles. The minimum absolute atomic E-state index is 0.000673. The predicted molar refractivity (Wildman–Crippen MR) is 148 cm³/mol. The van der Waals surface area contributed by atoms with Crippen molar-refractivity contribution < 1.29 is 49.3 Å². The second-order valence-electron chi connectivity index (χ2n) is 11.3. The molecule has 5 rings (SSSR count). The number of β-amino-alcohol motifs (C(OH)–C–C–N with tert-alkyl or cyclic N) is 2. The van der Waals surface area contributed by atoms with Crippen LogP contribution >= 0.6 is 11.8 Å². The Balaban J connectivity index is 1.35. The van der Waals surface area contributed by atoms with Gasteiger partial charge >= 0.3 is 12.1 Å². The van der Waals surface area contributed by atoms with E-state index in [1.165, 1.54) is 57.7 Å². The first-order chi connectivity index (χ1) is 20.3. The third-order valence-corrected chi connectivity index (χ3v) is 9.96. The summed E-state index contributed by atoms with van der Waals surface area (Å²) in [6.07, 6.45) is -3.95. The molecule has 0 saturated carbocycles. The van der Waals surface area contributed by atoms with E-state index in [9.17, 15) is 49.7 Å². The monoisotopic (exact) mass is 620 g/mol. The van der Waals surface area contributed by atoms with Gasteiger partial charge in [0.15, 0.2) is 0 Å². The Morgan fingerprint density at radius 3 is 2.33 bits per heavy atom. The van der Waals surface area contributed by atoms with Gasteiger partial charge in [0.1, 0.15) is 18.3 Å². The number of nitro groups is 1. The molecule has 3 fully saturated rings. The molecule has 16 heteroatoms. The minimum Gasteiger partial charge on any atom is -0.477 e. The Labute approximate surface area is 249 Å². The Hall–Kier alpha value is -3.73. The summed E-state index contributed by atoms with van der Waals surface area (Å²) in [5, 5.41) is 50.5. The van der Waals surface area contributed by atoms with Gasteiger partial charge in [0, 0.05) is 47.8 Å². The van der Waals surface area contributed by atoms with Gasteiger partial charge in [-0.2, -0.15) is 0 Å². The summed E-state index contributed by atoms with van der Waals surface area (Å²) >= 11 is 1.17. The van der Waals surface area contributed by atoms with Crippen LogP contribution in [-0.2, 0) is 25.7 Å². The zero-order valence-electron chi connectivity index (χ0n) is 23.3. The van der Waals surface area contributed by atoms with Crippen LogP contribution in [0.25, 0.3) is 0 Å². The van der Waals surface area contributed by atoms with Gasteiger partial charge in [0.2, 0.25) is 11.8 Å². The van der Waals surface area contributed by atoms with E-state index in [4.69, 9.17) is 4.74 Å². The first-order valence-electron chi connectivity index (χ1n) is 13.8. The van der Waals surface area contributed by atoms with Gasteiger partial charge in [-0.15, -0.1) is 11.8 Å². The van der Waals surface area contributed by atoms with Crippen molar-refractivity contribution in [3.8, 4) is 0 Å². The lowest BCUT2D eigenvalue weighted by atomic mass is 9.79. The number of carboxylic acids is 1. The van der Waals surface area contributed by atoms with E-state index in [1.54, 1.807) is 6.92 Å². The summed E-state index contributed by atoms with van der Waals surface area (Å²) in [5.74, 6) is -3.42. The van der Waals surface area contributed by atoms with Crippen molar-refractivity contribution in [2.75, 3.05) is 19.6 Å². The summed E-state index contributed by atoms with van der Waals surface area (Å²) in [6, 6.07) is 3.87. The normalized spacial score (nSPS) is 30.8. The molecule has 0 unspecified atom stereocenters. The summed E-state index contributed by atoms with van der Waals surface area (Å²) < 4.78 is 5.45. The van der Waals surface area contributed by atoms with Crippen LogP contribution < -0.4 is 0 Å². The van der Waals surface area contributed by atoms with Gasteiger partial charge in [0.25, 0.3) is 5.69 Å². The molecule has 4 N–H and O–H groups in total. The lowest BCUT2D eigenvalue weighted by molar-refractivity contribution is -0.384. The van der Waals surface area contributed by atoms with Crippen LogP contribution in [0.5, 0.6) is 0 Å². The fraction of sp³-hybridized carbons (Fsp3) is 0.556. The summed E-state index contributed by atoms with van der Waals surface area (Å²) in [4.78, 5) is 66.2. The van der Waals surface area contributed by atoms with Gasteiger partial charge in [-0.1, -0.05) is 6.92 Å². The molecule has 3 amide bonds. The molecular formula is C27H32N4O11S. The number of likely N-dealkylation sites (tertiary alicyclic amines) is 2. The first kappa shape index (κ1) is 30.7. The molecule has 0 spiro atoms. The highest BCUT2D eigenvalue weighted by Gasteiger charge is 2.60. The molecule has 43 heavy (non-hydrogen) atoms. The molecule has 1 aromatic rings. The van der Waals surface area contributed by atoms with E-state index in [0.717, 1.165) is 0 Å². The number of aliphatic hydroxyl groups is 3. The first-order valence-corrected chi connectivity index (χ1v) is 14.6. The highest BCUT2D eigenvalue weighted by molar-refractivity contribution is 8.03. The fourth-order valence-electron chi connectivity index (χ4n) is 6.28. The van der Waals surface area contributed by atoms with Gasteiger partial charge in [0.05, 0.1) is 35.2 Å². The van der Waals surface area contributed by atoms with Crippen molar-refractivity contribution in [1.29, 1.82) is 0 Å². The zero-order chi connectivity index (χ0) is 31.3.